The van der Waals surface area contributed by atoms with Crippen LogP contribution in [0, 0.1) is 0 Å². The van der Waals surface area contributed by atoms with Gasteiger partial charge in [-0.1, -0.05) is 13.8 Å². The molecule has 0 aromatic rings. The first kappa shape index (κ1) is 24.9. The Balaban J connectivity index is 0.00000364. The summed E-state index contributed by atoms with van der Waals surface area (Å²) in [6.45, 7) is 15.4. The number of halogens is 1. The second-order valence-corrected chi connectivity index (χ2v) is 7.32. The highest BCUT2D eigenvalue weighted by atomic mass is 127. The zero-order valence-corrected chi connectivity index (χ0v) is 20.0. The minimum Gasteiger partial charge on any atom is -0.376 e. The van der Waals surface area contributed by atoms with Gasteiger partial charge in [0.25, 0.3) is 0 Å². The van der Waals surface area contributed by atoms with E-state index >= 15 is 0 Å². The van der Waals surface area contributed by atoms with Crippen LogP contribution >= 0.6 is 24.0 Å². The monoisotopic (exact) mass is 496 g/mol. The maximum atomic E-state index is 6.09. The van der Waals surface area contributed by atoms with Crippen molar-refractivity contribution in [2.75, 3.05) is 59.0 Å². The quantitative estimate of drug-likeness (QED) is 0.286. The van der Waals surface area contributed by atoms with Gasteiger partial charge in [0.1, 0.15) is 0 Å². The van der Waals surface area contributed by atoms with Gasteiger partial charge in [0, 0.05) is 32.8 Å². The number of rotatable bonds is 10. The molecular formula is C20H41IN4O2. The van der Waals surface area contributed by atoms with E-state index in [1.165, 1.54) is 12.8 Å². The molecular weight excluding hydrogens is 455 g/mol. The van der Waals surface area contributed by atoms with Crippen molar-refractivity contribution in [3.8, 4) is 0 Å². The lowest BCUT2D eigenvalue weighted by molar-refractivity contribution is -0.0367. The van der Waals surface area contributed by atoms with Gasteiger partial charge >= 0.3 is 0 Å². The molecule has 1 atom stereocenters. The summed E-state index contributed by atoms with van der Waals surface area (Å²) in [6, 6.07) is 0. The Morgan fingerprint density at radius 2 is 1.96 bits per heavy atom. The minimum absolute atomic E-state index is 0. The number of nitrogens with zero attached hydrogens (tertiary/aromatic N) is 3. The first-order valence-corrected chi connectivity index (χ1v) is 10.8. The fourth-order valence-corrected chi connectivity index (χ4v) is 3.72. The molecule has 2 rings (SSSR count). The number of likely N-dealkylation sites (tertiary alicyclic amines) is 1. The summed E-state index contributed by atoms with van der Waals surface area (Å²) in [7, 11) is 0. The number of hydrogen-bond acceptors (Lipinski definition) is 4. The molecule has 160 valence electrons. The normalized spacial score (nSPS) is 21.6. The lowest BCUT2D eigenvalue weighted by Crippen LogP contribution is -2.47. The largest absolute Gasteiger partial charge is 0.376 e. The summed E-state index contributed by atoms with van der Waals surface area (Å²) < 4.78 is 11.7. The van der Waals surface area contributed by atoms with Gasteiger partial charge in [-0.15, -0.1) is 24.0 Å². The third kappa shape index (κ3) is 9.28. The molecule has 0 aliphatic carbocycles. The van der Waals surface area contributed by atoms with Gasteiger partial charge in [-0.05, 0) is 52.1 Å². The molecule has 1 N–H and O–H groups in total. The molecule has 0 saturated carbocycles. The van der Waals surface area contributed by atoms with Gasteiger partial charge in [0.15, 0.2) is 5.96 Å². The molecule has 0 aromatic heterocycles. The van der Waals surface area contributed by atoms with Crippen molar-refractivity contribution in [3.63, 3.8) is 0 Å². The van der Waals surface area contributed by atoms with Gasteiger partial charge in [-0.3, -0.25) is 4.99 Å². The van der Waals surface area contributed by atoms with Crippen LogP contribution in [-0.2, 0) is 9.47 Å². The highest BCUT2D eigenvalue weighted by Gasteiger charge is 2.24. The summed E-state index contributed by atoms with van der Waals surface area (Å²) in [5.74, 6) is 1.07. The van der Waals surface area contributed by atoms with Gasteiger partial charge in [0.05, 0.1) is 25.4 Å². The third-order valence-electron chi connectivity index (χ3n) is 5.28. The topological polar surface area (TPSA) is 49.3 Å². The van der Waals surface area contributed by atoms with E-state index < -0.39 is 0 Å². The summed E-state index contributed by atoms with van der Waals surface area (Å²) in [4.78, 5) is 9.74. The molecule has 2 saturated heterocycles. The van der Waals surface area contributed by atoms with Crippen LogP contribution in [0.2, 0.25) is 0 Å². The summed E-state index contributed by atoms with van der Waals surface area (Å²) >= 11 is 0. The van der Waals surface area contributed by atoms with Gasteiger partial charge < -0.3 is 24.6 Å². The van der Waals surface area contributed by atoms with Gasteiger partial charge in [-0.2, -0.15) is 0 Å². The van der Waals surface area contributed by atoms with Crippen molar-refractivity contribution in [2.24, 2.45) is 4.99 Å². The first-order chi connectivity index (χ1) is 12.8. The average Bonchev–Trinajstić information content (AvgIpc) is 3.19. The Labute approximate surface area is 183 Å². The van der Waals surface area contributed by atoms with Crippen LogP contribution in [0.4, 0.5) is 0 Å². The highest BCUT2D eigenvalue weighted by molar-refractivity contribution is 14.0. The van der Waals surface area contributed by atoms with Gasteiger partial charge in [0.2, 0.25) is 0 Å². The number of nitrogens with one attached hydrogen (secondary N) is 1. The summed E-state index contributed by atoms with van der Waals surface area (Å²) in [6.07, 6.45) is 6.40. The number of hydrogen-bond donors (Lipinski definition) is 1. The molecule has 2 fully saturated rings. The van der Waals surface area contributed by atoms with Crippen LogP contribution in [0.1, 0.15) is 52.9 Å². The van der Waals surface area contributed by atoms with Crippen molar-refractivity contribution >= 4 is 29.9 Å². The molecule has 1 unspecified atom stereocenters. The van der Waals surface area contributed by atoms with E-state index in [0.29, 0.717) is 12.2 Å². The van der Waals surface area contributed by atoms with E-state index in [0.717, 1.165) is 84.2 Å². The Morgan fingerprint density at radius 3 is 2.56 bits per heavy atom. The van der Waals surface area contributed by atoms with Crippen molar-refractivity contribution in [1.29, 1.82) is 0 Å². The van der Waals surface area contributed by atoms with E-state index in [1.807, 2.05) is 0 Å². The van der Waals surface area contributed by atoms with E-state index in [9.17, 15) is 0 Å². The number of aliphatic imine (C=N–C) groups is 1. The van der Waals surface area contributed by atoms with Crippen molar-refractivity contribution in [2.45, 2.75) is 65.1 Å². The molecule has 7 heteroatoms. The smallest absolute Gasteiger partial charge is 0.193 e. The summed E-state index contributed by atoms with van der Waals surface area (Å²) in [5.41, 5.74) is 0. The minimum atomic E-state index is 0. The molecule has 2 aliphatic heterocycles. The lowest BCUT2D eigenvalue weighted by atomic mass is 10.1. The lowest BCUT2D eigenvalue weighted by Gasteiger charge is -2.34. The zero-order chi connectivity index (χ0) is 18.6. The second-order valence-electron chi connectivity index (χ2n) is 7.32. The maximum absolute atomic E-state index is 6.09. The number of guanidine groups is 1. The molecule has 0 spiro atoms. The molecule has 6 nitrogen and oxygen atoms in total. The van der Waals surface area contributed by atoms with Crippen LogP contribution in [0.25, 0.3) is 0 Å². The predicted molar refractivity (Wildman–Crippen MR) is 123 cm³/mol. The maximum Gasteiger partial charge on any atom is 0.193 e. The van der Waals surface area contributed by atoms with Crippen LogP contribution < -0.4 is 5.32 Å². The van der Waals surface area contributed by atoms with Crippen molar-refractivity contribution in [3.05, 3.63) is 0 Å². The third-order valence-corrected chi connectivity index (χ3v) is 5.28. The zero-order valence-electron chi connectivity index (χ0n) is 17.6. The van der Waals surface area contributed by atoms with Crippen molar-refractivity contribution < 1.29 is 9.47 Å². The Morgan fingerprint density at radius 1 is 1.19 bits per heavy atom. The molecule has 2 heterocycles. The average molecular weight is 496 g/mol. The molecule has 27 heavy (non-hydrogen) atoms. The van der Waals surface area contributed by atoms with Crippen molar-refractivity contribution in [1.82, 2.24) is 15.1 Å². The highest BCUT2D eigenvalue weighted by Crippen LogP contribution is 2.17. The number of ether oxygens (including phenoxy) is 2. The Kier molecular flexibility index (Phi) is 13.7. The predicted octanol–water partition coefficient (Wildman–Crippen LogP) is 2.96. The molecule has 0 bridgehead atoms. The molecule has 0 amide bonds. The number of likely N-dealkylation sites (N-methyl/N-ethyl adjacent to an activating group) is 1. The molecule has 0 aromatic carbocycles. The van der Waals surface area contributed by atoms with E-state index in [4.69, 9.17) is 14.5 Å². The van der Waals surface area contributed by atoms with Crippen LogP contribution in [0.3, 0.4) is 0 Å². The van der Waals surface area contributed by atoms with Crippen LogP contribution in [0.5, 0.6) is 0 Å². The van der Waals surface area contributed by atoms with E-state index in [1.54, 1.807) is 0 Å². The van der Waals surface area contributed by atoms with E-state index in [-0.39, 0.29) is 24.0 Å². The first-order valence-electron chi connectivity index (χ1n) is 10.8. The second kappa shape index (κ2) is 14.8. The fourth-order valence-electron chi connectivity index (χ4n) is 3.72. The molecule has 2 aliphatic rings. The molecule has 0 radical (unpaired) electrons. The van der Waals surface area contributed by atoms with Gasteiger partial charge in [-0.25, -0.2) is 0 Å². The Hall–Kier alpha value is -0.120. The van der Waals surface area contributed by atoms with Crippen LogP contribution in [-0.4, -0.2) is 87.0 Å². The standard InChI is InChI=1S/C20H40N4O2.HI/c1-4-12-23(6-3)15-11-22-20(21-5-2)24-13-9-18(10-14-24)26-17-19-8-7-16-25-19;/h18-19H,4-17H2,1-3H3,(H,21,22);1H. The fraction of sp³-hybridized carbons (Fsp3) is 0.950. The SMILES string of the molecule is CCCN(CC)CCN=C(NCC)N1CCC(OCC2CCCO2)CC1.I. The number of piperidine rings is 1. The van der Waals surface area contributed by atoms with Crippen LogP contribution in [0.15, 0.2) is 4.99 Å². The Bertz CT molecular complexity index is 397. The summed E-state index contributed by atoms with van der Waals surface area (Å²) in [5, 5.41) is 3.46. The van der Waals surface area contributed by atoms with E-state index in [2.05, 4.69) is 35.9 Å².